The molecular weight excluding hydrogens is 252 g/mol. The fourth-order valence-electron chi connectivity index (χ4n) is 2.35. The number of aromatic amines is 1. The van der Waals surface area contributed by atoms with Crippen LogP contribution in [0.15, 0.2) is 48.7 Å². The topological polar surface area (TPSA) is 71.3 Å². The van der Waals surface area contributed by atoms with E-state index in [2.05, 4.69) is 4.98 Å². The highest BCUT2D eigenvalue weighted by Gasteiger charge is 2.08. The maximum atomic E-state index is 9.42. The average molecular weight is 268 g/mol. The number of H-pyrrole nitrogens is 1. The minimum Gasteiger partial charge on any atom is -0.508 e. The molecule has 0 saturated heterocycles. The third-order valence-corrected chi connectivity index (χ3v) is 3.31. The summed E-state index contributed by atoms with van der Waals surface area (Å²) >= 11 is 0. The molecule has 0 amide bonds. The second kappa shape index (κ2) is 5.27. The second-order valence-electron chi connectivity index (χ2n) is 4.64. The summed E-state index contributed by atoms with van der Waals surface area (Å²) < 4.78 is 5.72. The Kier molecular flexibility index (Phi) is 3.31. The van der Waals surface area contributed by atoms with Crippen molar-refractivity contribution in [2.75, 3.05) is 0 Å². The van der Waals surface area contributed by atoms with Gasteiger partial charge in [0.1, 0.15) is 18.1 Å². The van der Waals surface area contributed by atoms with Crippen molar-refractivity contribution in [3.63, 3.8) is 0 Å². The number of aromatic hydroxyl groups is 1. The van der Waals surface area contributed by atoms with Crippen LogP contribution < -0.4 is 10.5 Å². The maximum absolute atomic E-state index is 9.42. The SMILES string of the molecule is NCc1cccc2[nH]cc(COc3cccc(O)c3)c12. The number of fused-ring (bicyclic) bond motifs is 1. The van der Waals surface area contributed by atoms with E-state index in [0.29, 0.717) is 18.9 Å². The smallest absolute Gasteiger partial charge is 0.123 e. The van der Waals surface area contributed by atoms with Crippen LogP contribution in [0.4, 0.5) is 0 Å². The number of ether oxygens (including phenoxy) is 1. The molecule has 0 aliphatic heterocycles. The van der Waals surface area contributed by atoms with Gasteiger partial charge >= 0.3 is 0 Å². The van der Waals surface area contributed by atoms with E-state index in [1.165, 1.54) is 0 Å². The van der Waals surface area contributed by atoms with E-state index in [0.717, 1.165) is 22.0 Å². The third kappa shape index (κ3) is 2.33. The monoisotopic (exact) mass is 268 g/mol. The molecule has 20 heavy (non-hydrogen) atoms. The van der Waals surface area contributed by atoms with E-state index >= 15 is 0 Å². The number of rotatable bonds is 4. The lowest BCUT2D eigenvalue weighted by atomic mass is 10.1. The molecule has 4 nitrogen and oxygen atoms in total. The summed E-state index contributed by atoms with van der Waals surface area (Å²) in [6.45, 7) is 0.925. The number of aromatic nitrogens is 1. The number of hydrogen-bond acceptors (Lipinski definition) is 3. The van der Waals surface area contributed by atoms with Gasteiger partial charge in [-0.3, -0.25) is 0 Å². The zero-order chi connectivity index (χ0) is 13.9. The summed E-state index contributed by atoms with van der Waals surface area (Å²) in [5, 5.41) is 10.5. The van der Waals surface area contributed by atoms with Crippen LogP contribution >= 0.6 is 0 Å². The molecule has 3 aromatic rings. The Labute approximate surface area is 116 Å². The Bertz CT molecular complexity index is 734. The minimum absolute atomic E-state index is 0.198. The molecule has 0 aliphatic rings. The summed E-state index contributed by atoms with van der Waals surface area (Å²) in [7, 11) is 0. The summed E-state index contributed by atoms with van der Waals surface area (Å²) in [5.41, 5.74) is 9.00. The van der Waals surface area contributed by atoms with Crippen LogP contribution in [0.2, 0.25) is 0 Å². The van der Waals surface area contributed by atoms with Crippen molar-refractivity contribution in [1.29, 1.82) is 0 Å². The molecule has 0 spiro atoms. The van der Waals surface area contributed by atoms with Crippen molar-refractivity contribution in [2.45, 2.75) is 13.2 Å². The minimum atomic E-state index is 0.198. The van der Waals surface area contributed by atoms with Gasteiger partial charge in [-0.1, -0.05) is 18.2 Å². The first-order chi connectivity index (χ1) is 9.78. The van der Waals surface area contributed by atoms with Crippen LogP contribution in [0.1, 0.15) is 11.1 Å². The molecule has 0 radical (unpaired) electrons. The van der Waals surface area contributed by atoms with Crippen molar-refractivity contribution in [3.05, 3.63) is 59.8 Å². The number of nitrogens with one attached hydrogen (secondary N) is 1. The third-order valence-electron chi connectivity index (χ3n) is 3.31. The largest absolute Gasteiger partial charge is 0.508 e. The van der Waals surface area contributed by atoms with E-state index in [-0.39, 0.29) is 5.75 Å². The molecule has 1 aromatic heterocycles. The van der Waals surface area contributed by atoms with Gasteiger partial charge in [-0.2, -0.15) is 0 Å². The fourth-order valence-corrected chi connectivity index (χ4v) is 2.35. The van der Waals surface area contributed by atoms with Crippen LogP contribution in [-0.2, 0) is 13.2 Å². The lowest BCUT2D eigenvalue weighted by Crippen LogP contribution is -1.99. The lowest BCUT2D eigenvalue weighted by Gasteiger charge is -2.07. The van der Waals surface area contributed by atoms with Crippen LogP contribution in [-0.4, -0.2) is 10.1 Å². The molecule has 1 heterocycles. The van der Waals surface area contributed by atoms with Crippen LogP contribution in [0.3, 0.4) is 0 Å². The first-order valence-corrected chi connectivity index (χ1v) is 6.47. The van der Waals surface area contributed by atoms with Crippen molar-refractivity contribution >= 4 is 10.9 Å². The van der Waals surface area contributed by atoms with E-state index in [4.69, 9.17) is 10.5 Å². The zero-order valence-electron chi connectivity index (χ0n) is 11.0. The van der Waals surface area contributed by atoms with Crippen molar-refractivity contribution in [2.24, 2.45) is 5.73 Å². The van der Waals surface area contributed by atoms with Gasteiger partial charge in [0.15, 0.2) is 0 Å². The maximum Gasteiger partial charge on any atom is 0.123 e. The Hall–Kier alpha value is -2.46. The Morgan fingerprint density at radius 2 is 1.95 bits per heavy atom. The molecule has 0 unspecified atom stereocenters. The molecular formula is C16H16N2O2. The molecule has 0 saturated carbocycles. The normalized spacial score (nSPS) is 10.8. The lowest BCUT2D eigenvalue weighted by molar-refractivity contribution is 0.306. The highest BCUT2D eigenvalue weighted by Crippen LogP contribution is 2.25. The molecule has 0 aliphatic carbocycles. The van der Waals surface area contributed by atoms with Gasteiger partial charge in [-0.15, -0.1) is 0 Å². The molecule has 0 atom stereocenters. The molecule has 0 fully saturated rings. The Morgan fingerprint density at radius 1 is 1.10 bits per heavy atom. The van der Waals surface area contributed by atoms with E-state index in [1.54, 1.807) is 18.2 Å². The van der Waals surface area contributed by atoms with Crippen molar-refractivity contribution in [1.82, 2.24) is 4.98 Å². The van der Waals surface area contributed by atoms with Crippen molar-refractivity contribution < 1.29 is 9.84 Å². The van der Waals surface area contributed by atoms with Gasteiger partial charge in [-0.05, 0) is 23.8 Å². The predicted molar refractivity (Wildman–Crippen MR) is 78.6 cm³/mol. The molecule has 0 bridgehead atoms. The molecule has 102 valence electrons. The van der Waals surface area contributed by atoms with Gasteiger partial charge in [0.05, 0.1) is 0 Å². The van der Waals surface area contributed by atoms with Gasteiger partial charge in [0.2, 0.25) is 0 Å². The zero-order valence-corrected chi connectivity index (χ0v) is 11.0. The van der Waals surface area contributed by atoms with Crippen LogP contribution in [0.5, 0.6) is 11.5 Å². The van der Waals surface area contributed by atoms with Gasteiger partial charge in [0.25, 0.3) is 0 Å². The first kappa shape index (κ1) is 12.6. The second-order valence-corrected chi connectivity index (χ2v) is 4.64. The average Bonchev–Trinajstić information content (AvgIpc) is 2.88. The molecule has 3 rings (SSSR count). The van der Waals surface area contributed by atoms with E-state index < -0.39 is 0 Å². The fraction of sp³-hybridized carbons (Fsp3) is 0.125. The molecule has 4 heteroatoms. The summed E-state index contributed by atoms with van der Waals surface area (Å²) in [5.74, 6) is 0.841. The summed E-state index contributed by atoms with van der Waals surface area (Å²) in [4.78, 5) is 3.23. The van der Waals surface area contributed by atoms with Crippen LogP contribution in [0.25, 0.3) is 10.9 Å². The number of phenolic OH excluding ortho intramolecular Hbond substituents is 1. The van der Waals surface area contributed by atoms with Crippen LogP contribution in [0, 0.1) is 0 Å². The van der Waals surface area contributed by atoms with E-state index in [1.807, 2.05) is 30.5 Å². The Morgan fingerprint density at radius 3 is 2.75 bits per heavy atom. The number of benzene rings is 2. The Balaban J connectivity index is 1.88. The summed E-state index contributed by atoms with van der Waals surface area (Å²) in [6.07, 6.45) is 1.94. The molecule has 4 N–H and O–H groups in total. The summed E-state index contributed by atoms with van der Waals surface area (Å²) in [6, 6.07) is 12.8. The first-order valence-electron chi connectivity index (χ1n) is 6.47. The van der Waals surface area contributed by atoms with Gasteiger partial charge < -0.3 is 20.6 Å². The van der Waals surface area contributed by atoms with Gasteiger partial charge in [0, 0.05) is 35.3 Å². The van der Waals surface area contributed by atoms with Gasteiger partial charge in [-0.25, -0.2) is 0 Å². The highest BCUT2D eigenvalue weighted by atomic mass is 16.5. The number of phenols is 1. The number of nitrogens with two attached hydrogens (primary N) is 1. The standard InChI is InChI=1S/C16H16N2O2/c17-8-11-3-1-6-15-16(11)12(9-18-15)10-20-14-5-2-4-13(19)7-14/h1-7,9,18-19H,8,10,17H2. The highest BCUT2D eigenvalue weighted by molar-refractivity contribution is 5.86. The molecule has 2 aromatic carbocycles. The predicted octanol–water partition coefficient (Wildman–Crippen LogP) is 2.91. The quantitative estimate of drug-likeness (QED) is 0.681. The van der Waals surface area contributed by atoms with E-state index in [9.17, 15) is 5.11 Å². The number of hydrogen-bond donors (Lipinski definition) is 3. The van der Waals surface area contributed by atoms with Crippen molar-refractivity contribution in [3.8, 4) is 11.5 Å².